The van der Waals surface area contributed by atoms with Gasteiger partial charge in [0.15, 0.2) is 11.2 Å². The number of aryl methyl sites for hydroxylation is 1. The molecule has 34 heavy (non-hydrogen) atoms. The lowest BCUT2D eigenvalue weighted by atomic mass is 9.98. The van der Waals surface area contributed by atoms with Gasteiger partial charge in [-0.25, -0.2) is 14.6 Å². The number of aliphatic hydroxyl groups is 1. The van der Waals surface area contributed by atoms with E-state index in [0.29, 0.717) is 11.6 Å². The van der Waals surface area contributed by atoms with E-state index < -0.39 is 18.2 Å². The summed E-state index contributed by atoms with van der Waals surface area (Å²) in [6, 6.07) is 16.2. The molecule has 0 radical (unpaired) electrons. The smallest absolute Gasteiger partial charge is 0.413 e. The molecule has 0 fully saturated rings. The molecule has 1 aliphatic rings. The summed E-state index contributed by atoms with van der Waals surface area (Å²) in [4.78, 5) is 39.6. The number of aliphatic carboxylic acids is 1. The summed E-state index contributed by atoms with van der Waals surface area (Å²) in [5.74, 6) is -1.82. The van der Waals surface area contributed by atoms with Gasteiger partial charge in [-0.3, -0.25) is 10.1 Å². The average molecular weight is 482 g/mol. The summed E-state index contributed by atoms with van der Waals surface area (Å²) in [7, 11) is 0. The van der Waals surface area contributed by atoms with E-state index in [0.717, 1.165) is 27.1 Å². The largest absolute Gasteiger partial charge is 0.479 e. The predicted molar refractivity (Wildman–Crippen MR) is 126 cm³/mol. The summed E-state index contributed by atoms with van der Waals surface area (Å²) in [5.41, 5.74) is 4.56. The zero-order valence-electron chi connectivity index (χ0n) is 18.1. The number of rotatable bonds is 9. The first-order valence-corrected chi connectivity index (χ1v) is 11.5. The van der Waals surface area contributed by atoms with Gasteiger partial charge in [-0.05, 0) is 28.7 Å². The third-order valence-electron chi connectivity index (χ3n) is 5.48. The number of benzene rings is 2. The molecule has 176 valence electrons. The highest BCUT2D eigenvalue weighted by molar-refractivity contribution is 7.15. The van der Waals surface area contributed by atoms with Crippen LogP contribution in [0, 0.1) is 0 Å². The highest BCUT2D eigenvalue weighted by atomic mass is 32.1. The van der Waals surface area contributed by atoms with Crippen LogP contribution in [0.5, 0.6) is 0 Å². The minimum absolute atomic E-state index is 0.0387. The monoisotopic (exact) mass is 481 g/mol. The third kappa shape index (κ3) is 5.41. The molecule has 1 aromatic heterocycles. The van der Waals surface area contributed by atoms with Gasteiger partial charge in [0.25, 0.3) is 0 Å². The first-order valence-electron chi connectivity index (χ1n) is 10.7. The van der Waals surface area contributed by atoms with Crippen molar-refractivity contribution in [2.45, 2.75) is 24.9 Å². The predicted octanol–water partition coefficient (Wildman–Crippen LogP) is 3.00. The Kier molecular flexibility index (Phi) is 7.19. The van der Waals surface area contributed by atoms with Crippen LogP contribution in [0.2, 0.25) is 0 Å². The Bertz CT molecular complexity index is 1170. The summed E-state index contributed by atoms with van der Waals surface area (Å²) in [6.07, 6.45) is -0.232. The van der Waals surface area contributed by atoms with Gasteiger partial charge in [0, 0.05) is 23.4 Å². The molecular formula is C24H23N3O6S. The first-order chi connectivity index (χ1) is 16.4. The fraction of sp³-hybridized carbons (Fsp3) is 0.250. The maximum Gasteiger partial charge on any atom is 0.413 e. The number of carboxylic acid groups (broad SMARTS) is 1. The number of ether oxygens (including phenoxy) is 1. The topological polar surface area (TPSA) is 138 Å². The number of fused-ring (bicyclic) bond motifs is 3. The van der Waals surface area contributed by atoms with Crippen molar-refractivity contribution in [1.29, 1.82) is 0 Å². The van der Waals surface area contributed by atoms with E-state index in [9.17, 15) is 19.5 Å². The number of aromatic nitrogens is 1. The van der Waals surface area contributed by atoms with Gasteiger partial charge in [0.1, 0.15) is 6.61 Å². The zero-order valence-corrected chi connectivity index (χ0v) is 18.9. The summed E-state index contributed by atoms with van der Waals surface area (Å²) in [6.45, 7) is -0.161. The van der Waals surface area contributed by atoms with E-state index in [1.54, 1.807) is 6.20 Å². The molecule has 4 N–H and O–H groups in total. The minimum atomic E-state index is -1.64. The van der Waals surface area contributed by atoms with Crippen molar-refractivity contribution in [3.05, 3.63) is 70.7 Å². The zero-order chi connectivity index (χ0) is 24.1. The second kappa shape index (κ2) is 10.4. The number of carbonyl (C=O) groups is 3. The van der Waals surface area contributed by atoms with Crippen LogP contribution >= 0.6 is 11.3 Å². The van der Waals surface area contributed by atoms with Crippen molar-refractivity contribution < 1.29 is 29.3 Å². The Morgan fingerprint density at radius 3 is 2.35 bits per heavy atom. The molecule has 9 nitrogen and oxygen atoms in total. The summed E-state index contributed by atoms with van der Waals surface area (Å²) >= 11 is 1.22. The van der Waals surface area contributed by atoms with E-state index in [1.807, 2.05) is 36.4 Å². The number of hydrogen-bond acceptors (Lipinski definition) is 7. The maximum absolute atomic E-state index is 12.4. The van der Waals surface area contributed by atoms with Crippen LogP contribution in [0.3, 0.4) is 0 Å². The molecule has 1 unspecified atom stereocenters. The van der Waals surface area contributed by atoms with Gasteiger partial charge < -0.3 is 20.3 Å². The number of amides is 2. The number of thiazole rings is 1. The Hall–Kier alpha value is -3.76. The van der Waals surface area contributed by atoms with Gasteiger partial charge in [-0.1, -0.05) is 48.5 Å². The van der Waals surface area contributed by atoms with Crippen LogP contribution < -0.4 is 10.6 Å². The lowest BCUT2D eigenvalue weighted by Gasteiger charge is -2.14. The normalized spacial score (nSPS) is 13.0. The van der Waals surface area contributed by atoms with Crippen molar-refractivity contribution in [2.24, 2.45) is 0 Å². The minimum Gasteiger partial charge on any atom is -0.479 e. The Balaban J connectivity index is 1.26. The molecule has 0 aliphatic heterocycles. The second-order valence-electron chi connectivity index (χ2n) is 7.74. The Labute approximate surface area is 199 Å². The molecule has 0 saturated carbocycles. The molecule has 1 aliphatic carbocycles. The summed E-state index contributed by atoms with van der Waals surface area (Å²) in [5, 5.41) is 23.1. The van der Waals surface area contributed by atoms with Crippen molar-refractivity contribution >= 4 is 34.4 Å². The van der Waals surface area contributed by atoms with E-state index in [1.165, 1.54) is 11.3 Å². The standard InChI is InChI=1S/C24H23N3O6S/c28-20(22(30)31)12-25-21(29)10-9-14-11-26-23(34-14)27-24(32)33-13-19-17-7-3-1-5-15(17)16-6-2-4-8-18(16)19/h1-8,11,19-20,28H,9-10,12-13H2,(H,25,29)(H,30,31)(H,26,27,32). The van der Waals surface area contributed by atoms with Crippen LogP contribution in [0.25, 0.3) is 11.1 Å². The molecule has 1 atom stereocenters. The van der Waals surface area contributed by atoms with E-state index in [-0.39, 0.29) is 31.4 Å². The number of aliphatic hydroxyl groups excluding tert-OH is 1. The number of nitrogens with zero attached hydrogens (tertiary/aromatic N) is 1. The van der Waals surface area contributed by atoms with Gasteiger partial charge in [-0.15, -0.1) is 11.3 Å². The molecule has 3 aromatic rings. The highest BCUT2D eigenvalue weighted by Crippen LogP contribution is 2.44. The number of carboxylic acids is 1. The van der Waals surface area contributed by atoms with Gasteiger partial charge in [0.05, 0.1) is 6.54 Å². The quantitative estimate of drug-likeness (QED) is 0.369. The maximum atomic E-state index is 12.4. The van der Waals surface area contributed by atoms with Crippen LogP contribution in [-0.2, 0) is 20.7 Å². The molecule has 0 saturated heterocycles. The molecule has 10 heteroatoms. The second-order valence-corrected chi connectivity index (χ2v) is 8.86. The molecule has 0 spiro atoms. The van der Waals surface area contributed by atoms with Crippen LogP contribution in [-0.4, -0.2) is 52.4 Å². The van der Waals surface area contributed by atoms with E-state index in [2.05, 4.69) is 27.8 Å². The lowest BCUT2D eigenvalue weighted by molar-refractivity contribution is -0.146. The average Bonchev–Trinajstić information content (AvgIpc) is 3.41. The van der Waals surface area contributed by atoms with Crippen LogP contribution in [0.4, 0.5) is 9.93 Å². The fourth-order valence-electron chi connectivity index (χ4n) is 3.83. The SMILES string of the molecule is O=C(CCc1cnc(NC(=O)OCC2c3ccccc3-c3ccccc32)s1)NCC(O)C(=O)O. The van der Waals surface area contributed by atoms with Crippen molar-refractivity contribution in [2.75, 3.05) is 18.5 Å². The Morgan fingerprint density at radius 2 is 1.71 bits per heavy atom. The van der Waals surface area contributed by atoms with Crippen molar-refractivity contribution in [3.8, 4) is 11.1 Å². The third-order valence-corrected chi connectivity index (χ3v) is 6.45. The number of hydrogen-bond donors (Lipinski definition) is 4. The van der Waals surface area contributed by atoms with E-state index in [4.69, 9.17) is 9.84 Å². The number of carbonyl (C=O) groups excluding carboxylic acids is 2. The van der Waals surface area contributed by atoms with Crippen LogP contribution in [0.1, 0.15) is 28.3 Å². The van der Waals surface area contributed by atoms with Gasteiger partial charge in [-0.2, -0.15) is 0 Å². The van der Waals surface area contributed by atoms with Crippen molar-refractivity contribution in [1.82, 2.24) is 10.3 Å². The first kappa shape index (κ1) is 23.4. The summed E-state index contributed by atoms with van der Waals surface area (Å²) < 4.78 is 5.51. The molecule has 0 bridgehead atoms. The van der Waals surface area contributed by atoms with Crippen LogP contribution in [0.15, 0.2) is 54.7 Å². The molecule has 4 rings (SSSR count). The van der Waals surface area contributed by atoms with E-state index >= 15 is 0 Å². The highest BCUT2D eigenvalue weighted by Gasteiger charge is 2.29. The number of nitrogens with one attached hydrogen (secondary N) is 2. The Morgan fingerprint density at radius 1 is 1.06 bits per heavy atom. The molecule has 2 aromatic carbocycles. The molecular weight excluding hydrogens is 458 g/mol. The lowest BCUT2D eigenvalue weighted by Crippen LogP contribution is -2.36. The molecule has 2 amide bonds. The fourth-order valence-corrected chi connectivity index (χ4v) is 4.62. The van der Waals surface area contributed by atoms with Gasteiger partial charge >= 0.3 is 12.1 Å². The van der Waals surface area contributed by atoms with Crippen molar-refractivity contribution in [3.63, 3.8) is 0 Å². The van der Waals surface area contributed by atoms with Gasteiger partial charge in [0.2, 0.25) is 5.91 Å². The number of anilines is 1. The molecule has 1 heterocycles.